The summed E-state index contributed by atoms with van der Waals surface area (Å²) in [6, 6.07) is 6.32. The summed E-state index contributed by atoms with van der Waals surface area (Å²) in [5.74, 6) is -0.175. The number of aromatic nitrogens is 2. The molecule has 0 aliphatic carbocycles. The highest BCUT2D eigenvalue weighted by Gasteiger charge is 2.18. The van der Waals surface area contributed by atoms with Crippen LogP contribution in [0.5, 0.6) is 5.88 Å². The number of sulfonamides is 1. The first-order valence-electron chi connectivity index (χ1n) is 5.59. The topological polar surface area (TPSA) is 81.2 Å². The Morgan fingerprint density at radius 3 is 2.50 bits per heavy atom. The molecule has 1 N–H and O–H groups in total. The Labute approximate surface area is 115 Å². The number of methoxy groups -OCH3 is 1. The number of ether oxygens (including phenoxy) is 1. The minimum absolute atomic E-state index is 0.0171. The molecule has 0 spiro atoms. The summed E-state index contributed by atoms with van der Waals surface area (Å²) in [4.78, 5) is -0.0171. The molecule has 106 valence electrons. The van der Waals surface area contributed by atoms with Gasteiger partial charge in [0.25, 0.3) is 10.0 Å². The van der Waals surface area contributed by atoms with Crippen molar-refractivity contribution in [1.29, 1.82) is 0 Å². The summed E-state index contributed by atoms with van der Waals surface area (Å²) >= 11 is 0. The molecule has 1 heterocycles. The van der Waals surface area contributed by atoms with Crippen molar-refractivity contribution in [3.63, 3.8) is 0 Å². The number of anilines is 1. The Bertz CT molecular complexity index is 717. The fourth-order valence-corrected chi connectivity index (χ4v) is 2.81. The lowest BCUT2D eigenvalue weighted by molar-refractivity contribution is 0.392. The molecule has 0 aliphatic rings. The zero-order valence-electron chi connectivity index (χ0n) is 10.8. The second-order valence-corrected chi connectivity index (χ2v) is 5.63. The maximum Gasteiger partial charge on any atom is 0.263 e. The van der Waals surface area contributed by atoms with Gasteiger partial charge in [-0.1, -0.05) is 0 Å². The van der Waals surface area contributed by atoms with Crippen molar-refractivity contribution in [2.75, 3.05) is 11.8 Å². The summed E-state index contributed by atoms with van der Waals surface area (Å²) in [6.45, 7) is 1.51. The second kappa shape index (κ2) is 5.41. The summed E-state index contributed by atoms with van der Waals surface area (Å²) < 4.78 is 44.4. The SMILES string of the molecule is COc1ccc(NS(=O)(=O)c2ccc(F)cc2C)nn1. The predicted molar refractivity (Wildman–Crippen MR) is 70.5 cm³/mol. The molecule has 0 unspecified atom stereocenters. The van der Waals surface area contributed by atoms with E-state index >= 15 is 0 Å². The molecule has 20 heavy (non-hydrogen) atoms. The first kappa shape index (κ1) is 14.2. The van der Waals surface area contributed by atoms with E-state index in [2.05, 4.69) is 14.9 Å². The van der Waals surface area contributed by atoms with Crippen LogP contribution in [0.15, 0.2) is 35.2 Å². The van der Waals surface area contributed by atoms with Crippen LogP contribution in [-0.2, 0) is 10.0 Å². The van der Waals surface area contributed by atoms with E-state index in [-0.39, 0.29) is 16.6 Å². The molecule has 2 rings (SSSR count). The van der Waals surface area contributed by atoms with Crippen molar-refractivity contribution in [1.82, 2.24) is 10.2 Å². The highest BCUT2D eigenvalue weighted by Crippen LogP contribution is 2.19. The second-order valence-electron chi connectivity index (χ2n) is 3.98. The van der Waals surface area contributed by atoms with Crippen molar-refractivity contribution in [3.8, 4) is 5.88 Å². The lowest BCUT2D eigenvalue weighted by atomic mass is 10.2. The van der Waals surface area contributed by atoms with Crippen molar-refractivity contribution in [2.24, 2.45) is 0 Å². The third-order valence-electron chi connectivity index (χ3n) is 2.51. The Morgan fingerprint density at radius 1 is 1.20 bits per heavy atom. The van der Waals surface area contributed by atoms with E-state index in [0.29, 0.717) is 5.56 Å². The molecule has 0 amide bonds. The summed E-state index contributed by atoms with van der Waals surface area (Å²) in [7, 11) is -2.41. The van der Waals surface area contributed by atoms with Crippen LogP contribution in [0, 0.1) is 12.7 Å². The lowest BCUT2D eigenvalue weighted by Gasteiger charge is -2.09. The molecule has 6 nitrogen and oxygen atoms in total. The Balaban J connectivity index is 2.30. The zero-order chi connectivity index (χ0) is 14.8. The molecule has 2 aromatic rings. The fourth-order valence-electron chi connectivity index (χ4n) is 1.59. The van der Waals surface area contributed by atoms with Gasteiger partial charge in [0.15, 0.2) is 5.82 Å². The van der Waals surface area contributed by atoms with Crippen LogP contribution in [-0.4, -0.2) is 25.7 Å². The molecule has 0 aliphatic heterocycles. The van der Waals surface area contributed by atoms with Gasteiger partial charge in [0.1, 0.15) is 5.82 Å². The third-order valence-corrected chi connectivity index (χ3v) is 4.03. The number of hydrogen-bond donors (Lipinski definition) is 1. The van der Waals surface area contributed by atoms with E-state index in [4.69, 9.17) is 4.74 Å². The van der Waals surface area contributed by atoms with E-state index in [1.54, 1.807) is 0 Å². The normalized spacial score (nSPS) is 11.2. The van der Waals surface area contributed by atoms with Gasteiger partial charge < -0.3 is 4.74 Å². The van der Waals surface area contributed by atoms with E-state index in [9.17, 15) is 12.8 Å². The van der Waals surface area contributed by atoms with Crippen molar-refractivity contribution in [2.45, 2.75) is 11.8 Å². The molecule has 0 saturated heterocycles. The highest BCUT2D eigenvalue weighted by molar-refractivity contribution is 7.92. The van der Waals surface area contributed by atoms with E-state index in [1.165, 1.54) is 32.2 Å². The quantitative estimate of drug-likeness (QED) is 0.929. The van der Waals surface area contributed by atoms with E-state index in [0.717, 1.165) is 12.1 Å². The summed E-state index contributed by atoms with van der Waals surface area (Å²) in [6.07, 6.45) is 0. The van der Waals surface area contributed by atoms with Crippen molar-refractivity contribution in [3.05, 3.63) is 41.7 Å². The average molecular weight is 297 g/mol. The van der Waals surface area contributed by atoms with Gasteiger partial charge in [-0.25, -0.2) is 12.8 Å². The fraction of sp³-hybridized carbons (Fsp3) is 0.167. The molecule has 0 fully saturated rings. The Hall–Kier alpha value is -2.22. The van der Waals surface area contributed by atoms with Gasteiger partial charge >= 0.3 is 0 Å². The average Bonchev–Trinajstić information content (AvgIpc) is 2.38. The number of aryl methyl sites for hydroxylation is 1. The van der Waals surface area contributed by atoms with Crippen LogP contribution in [0.3, 0.4) is 0 Å². The molecule has 0 radical (unpaired) electrons. The lowest BCUT2D eigenvalue weighted by Crippen LogP contribution is -2.15. The molecule has 0 atom stereocenters. The monoisotopic (exact) mass is 297 g/mol. The first-order valence-corrected chi connectivity index (χ1v) is 7.07. The number of nitrogens with zero attached hydrogens (tertiary/aromatic N) is 2. The maximum absolute atomic E-state index is 13.0. The Kier molecular flexibility index (Phi) is 3.84. The minimum Gasteiger partial charge on any atom is -0.480 e. The standard InChI is InChI=1S/C12H12FN3O3S/c1-8-7-9(13)3-4-10(8)20(17,18)16-11-5-6-12(19-2)15-14-11/h3-7H,1-2H3,(H,14,16). The van der Waals surface area contributed by atoms with Gasteiger partial charge in [0.05, 0.1) is 12.0 Å². The van der Waals surface area contributed by atoms with E-state index < -0.39 is 15.8 Å². The number of nitrogens with one attached hydrogen (secondary N) is 1. The van der Waals surface area contributed by atoms with Crippen LogP contribution >= 0.6 is 0 Å². The van der Waals surface area contributed by atoms with Crippen LogP contribution in [0.1, 0.15) is 5.56 Å². The molecule has 1 aromatic carbocycles. The van der Waals surface area contributed by atoms with Crippen LogP contribution in [0.4, 0.5) is 10.2 Å². The van der Waals surface area contributed by atoms with Crippen LogP contribution in [0.2, 0.25) is 0 Å². The van der Waals surface area contributed by atoms with Gasteiger partial charge in [0, 0.05) is 6.07 Å². The van der Waals surface area contributed by atoms with E-state index in [1.807, 2.05) is 0 Å². The minimum atomic E-state index is -3.84. The molecule has 8 heteroatoms. The summed E-state index contributed by atoms with van der Waals surface area (Å²) in [5.41, 5.74) is 0.305. The van der Waals surface area contributed by atoms with Gasteiger partial charge in [0.2, 0.25) is 5.88 Å². The van der Waals surface area contributed by atoms with Crippen LogP contribution < -0.4 is 9.46 Å². The number of benzene rings is 1. The van der Waals surface area contributed by atoms with Gasteiger partial charge in [-0.05, 0) is 36.8 Å². The molecule has 0 bridgehead atoms. The first-order chi connectivity index (χ1) is 9.42. The molecular weight excluding hydrogens is 285 g/mol. The molecule has 0 saturated carbocycles. The van der Waals surface area contributed by atoms with Crippen molar-refractivity contribution >= 4 is 15.8 Å². The summed E-state index contributed by atoms with van der Waals surface area (Å²) in [5, 5.41) is 7.32. The highest BCUT2D eigenvalue weighted by atomic mass is 32.2. The predicted octanol–water partition coefficient (Wildman–Crippen LogP) is 1.73. The van der Waals surface area contributed by atoms with Crippen LogP contribution in [0.25, 0.3) is 0 Å². The van der Waals surface area contributed by atoms with Crippen molar-refractivity contribution < 1.29 is 17.5 Å². The van der Waals surface area contributed by atoms with Gasteiger partial charge in [-0.15, -0.1) is 10.2 Å². The maximum atomic E-state index is 13.0. The number of rotatable bonds is 4. The zero-order valence-corrected chi connectivity index (χ0v) is 11.6. The number of halogens is 1. The molecular formula is C12H12FN3O3S. The smallest absolute Gasteiger partial charge is 0.263 e. The molecule has 1 aromatic heterocycles. The number of hydrogen-bond acceptors (Lipinski definition) is 5. The van der Waals surface area contributed by atoms with Gasteiger partial charge in [-0.3, -0.25) is 4.72 Å². The third kappa shape index (κ3) is 3.02. The Morgan fingerprint density at radius 2 is 1.95 bits per heavy atom. The van der Waals surface area contributed by atoms with Gasteiger partial charge in [-0.2, -0.15) is 0 Å². The largest absolute Gasteiger partial charge is 0.480 e.